The van der Waals surface area contributed by atoms with E-state index in [9.17, 15) is 18.7 Å². The van der Waals surface area contributed by atoms with E-state index in [-0.39, 0.29) is 5.92 Å². The van der Waals surface area contributed by atoms with Crippen LogP contribution < -0.4 is 5.56 Å². The van der Waals surface area contributed by atoms with Crippen molar-refractivity contribution in [3.05, 3.63) is 44.8 Å². The van der Waals surface area contributed by atoms with Gasteiger partial charge in [-0.3, -0.25) is 9.36 Å². The molecule has 2 aromatic rings. The number of hydrogen-bond acceptors (Lipinski definition) is 4. The molecule has 2 aliphatic carbocycles. The van der Waals surface area contributed by atoms with Crippen LogP contribution in [0.4, 0.5) is 8.78 Å². The molecule has 4 nitrogen and oxygen atoms in total. The van der Waals surface area contributed by atoms with Gasteiger partial charge in [-0.1, -0.05) is 25.5 Å². The van der Waals surface area contributed by atoms with Crippen molar-refractivity contribution in [2.75, 3.05) is 0 Å². The summed E-state index contributed by atoms with van der Waals surface area (Å²) in [7, 11) is 0. The summed E-state index contributed by atoms with van der Waals surface area (Å²) in [5, 5.41) is 9.82. The Bertz CT molecular complexity index is 982. The molecule has 138 valence electrons. The Morgan fingerprint density at radius 3 is 2.77 bits per heavy atom. The Kier molecular flexibility index (Phi) is 4.31. The first-order valence-corrected chi connectivity index (χ1v) is 9.74. The highest BCUT2D eigenvalue weighted by Crippen LogP contribution is 2.35. The van der Waals surface area contributed by atoms with Crippen molar-refractivity contribution in [2.24, 2.45) is 5.92 Å². The Hall–Kier alpha value is -1.86. The number of alkyl halides is 2. The van der Waals surface area contributed by atoms with E-state index in [1.807, 2.05) is 13.0 Å². The molecular formula is C19H20F2N2O2S. The minimum absolute atomic E-state index is 0.279. The summed E-state index contributed by atoms with van der Waals surface area (Å²) >= 11 is 1.31. The smallest absolute Gasteiger partial charge is 0.330 e. The molecule has 2 aromatic heterocycles. The fourth-order valence-electron chi connectivity index (χ4n) is 3.70. The monoisotopic (exact) mass is 378 g/mol. The highest BCUT2D eigenvalue weighted by atomic mass is 32.1. The second kappa shape index (κ2) is 6.39. The number of allylic oxidation sites excluding steroid dienone is 4. The van der Waals surface area contributed by atoms with Gasteiger partial charge in [-0.25, -0.2) is 4.98 Å². The summed E-state index contributed by atoms with van der Waals surface area (Å²) in [4.78, 5) is 18.6. The number of aryl methyl sites for hydroxylation is 2. The van der Waals surface area contributed by atoms with Gasteiger partial charge in [-0.15, -0.1) is 11.3 Å². The maximum absolute atomic E-state index is 13.9. The Balaban J connectivity index is 2.02. The molecule has 7 heteroatoms. The van der Waals surface area contributed by atoms with Crippen molar-refractivity contribution in [3.8, 4) is 0 Å². The molecule has 2 heterocycles. The van der Waals surface area contributed by atoms with Crippen LogP contribution in [-0.4, -0.2) is 14.7 Å². The maximum Gasteiger partial charge on any atom is 0.413 e. The van der Waals surface area contributed by atoms with Crippen molar-refractivity contribution >= 4 is 27.3 Å². The summed E-state index contributed by atoms with van der Waals surface area (Å²) in [5.74, 6) is -0.626. The van der Waals surface area contributed by atoms with Gasteiger partial charge < -0.3 is 5.11 Å². The van der Waals surface area contributed by atoms with Crippen molar-refractivity contribution in [2.45, 2.75) is 51.6 Å². The number of halogens is 2. The molecule has 0 aromatic carbocycles. The third-order valence-corrected chi connectivity index (χ3v) is 6.25. The van der Waals surface area contributed by atoms with E-state index in [1.165, 1.54) is 11.3 Å². The summed E-state index contributed by atoms with van der Waals surface area (Å²) in [6.07, 6.45) is 6.47. The highest BCUT2D eigenvalue weighted by molar-refractivity contribution is 7.18. The van der Waals surface area contributed by atoms with E-state index in [0.29, 0.717) is 22.3 Å². The summed E-state index contributed by atoms with van der Waals surface area (Å²) < 4.78 is 28.7. The van der Waals surface area contributed by atoms with Crippen LogP contribution in [0.15, 0.2) is 23.0 Å². The molecule has 0 radical (unpaired) electrons. The average molecular weight is 378 g/mol. The largest absolute Gasteiger partial charge is 0.413 e. The number of fused-ring (bicyclic) bond motifs is 3. The lowest BCUT2D eigenvalue weighted by Gasteiger charge is -2.19. The number of aromatic nitrogens is 2. The van der Waals surface area contributed by atoms with Crippen molar-refractivity contribution in [1.82, 2.24) is 9.55 Å². The molecule has 0 aliphatic heterocycles. The fourth-order valence-corrected chi connectivity index (χ4v) is 4.96. The first kappa shape index (κ1) is 17.5. The summed E-state index contributed by atoms with van der Waals surface area (Å²) in [5.41, 5.74) is 0.790. The van der Waals surface area contributed by atoms with E-state index < -0.39 is 17.5 Å². The minimum atomic E-state index is -4.19. The number of aliphatic hydroxyl groups is 1. The topological polar surface area (TPSA) is 55.1 Å². The van der Waals surface area contributed by atoms with Crippen LogP contribution >= 0.6 is 11.3 Å². The summed E-state index contributed by atoms with van der Waals surface area (Å²) in [6.45, 7) is 2.01. The molecule has 0 amide bonds. The lowest BCUT2D eigenvalue weighted by atomic mass is 10.0. The molecule has 26 heavy (non-hydrogen) atoms. The molecule has 1 N–H and O–H groups in total. The average Bonchev–Trinajstić information content (AvgIpc) is 2.77. The van der Waals surface area contributed by atoms with Gasteiger partial charge in [0.2, 0.25) is 5.82 Å². The Morgan fingerprint density at radius 1 is 1.31 bits per heavy atom. The molecule has 0 bridgehead atoms. The highest BCUT2D eigenvalue weighted by Gasteiger charge is 2.36. The van der Waals surface area contributed by atoms with Crippen molar-refractivity contribution in [1.29, 1.82) is 0 Å². The molecule has 0 saturated carbocycles. The minimum Gasteiger partial charge on any atom is -0.330 e. The van der Waals surface area contributed by atoms with Crippen LogP contribution in [0.3, 0.4) is 0 Å². The third kappa shape index (κ3) is 2.93. The molecule has 0 spiro atoms. The van der Waals surface area contributed by atoms with Crippen molar-refractivity contribution < 1.29 is 13.9 Å². The van der Waals surface area contributed by atoms with Crippen LogP contribution in [0.25, 0.3) is 15.9 Å². The van der Waals surface area contributed by atoms with Gasteiger partial charge in [0.05, 0.1) is 5.39 Å². The van der Waals surface area contributed by atoms with Crippen LogP contribution in [0.2, 0.25) is 0 Å². The summed E-state index contributed by atoms with van der Waals surface area (Å²) in [6, 6.07) is 0. The molecule has 0 fully saturated rings. The predicted octanol–water partition coefficient (Wildman–Crippen LogP) is 4.21. The maximum atomic E-state index is 13.9. The van der Waals surface area contributed by atoms with Gasteiger partial charge in [0.25, 0.3) is 5.56 Å². The lowest BCUT2D eigenvalue weighted by molar-refractivity contribution is -0.216. The van der Waals surface area contributed by atoms with E-state index in [0.717, 1.165) is 47.1 Å². The molecule has 1 unspecified atom stereocenters. The van der Waals surface area contributed by atoms with Crippen LogP contribution in [0.5, 0.6) is 0 Å². The first-order valence-electron chi connectivity index (χ1n) is 8.93. The third-order valence-electron chi connectivity index (χ3n) is 5.06. The second-order valence-corrected chi connectivity index (χ2v) is 8.15. The zero-order chi connectivity index (χ0) is 18.5. The van der Waals surface area contributed by atoms with Gasteiger partial charge in [0, 0.05) is 10.6 Å². The number of thiophene rings is 1. The molecule has 2 aliphatic rings. The number of rotatable bonds is 2. The quantitative estimate of drug-likeness (QED) is 0.797. The lowest BCUT2D eigenvalue weighted by Crippen LogP contribution is -2.31. The standard InChI is InChI=1S/C19H20F2N2O2S/c1-11-7-9-12(10-8-11)23-17(24)15-13-5-3-2-4-6-14(13)26-16(15)22-18(23)19(20,21)25/h7,9-11,25H,2-6,8H2,1H3. The fraction of sp³-hybridized carbons (Fsp3) is 0.474. The normalized spacial score (nSPS) is 20.8. The van der Waals surface area contributed by atoms with E-state index in [2.05, 4.69) is 4.98 Å². The molecule has 1 atom stereocenters. The number of hydrogen-bond donors (Lipinski definition) is 1. The zero-order valence-corrected chi connectivity index (χ0v) is 15.3. The van der Waals surface area contributed by atoms with Crippen LogP contribution in [0, 0.1) is 5.92 Å². The predicted molar refractivity (Wildman–Crippen MR) is 98.4 cm³/mol. The molecular weight excluding hydrogens is 358 g/mol. The zero-order valence-electron chi connectivity index (χ0n) is 14.5. The van der Waals surface area contributed by atoms with Gasteiger partial charge in [0.1, 0.15) is 4.83 Å². The SMILES string of the molecule is CC1C=CC(n2c(C(O)(F)F)nc3sc4c(c3c2=O)CCCCC4)=CC1. The molecule has 4 rings (SSSR count). The van der Waals surface area contributed by atoms with Crippen molar-refractivity contribution in [3.63, 3.8) is 0 Å². The number of nitrogens with zero attached hydrogens (tertiary/aromatic N) is 2. The molecule has 0 saturated heterocycles. The van der Waals surface area contributed by atoms with Gasteiger partial charge in [-0.2, -0.15) is 8.78 Å². The Labute approximate surface area is 153 Å². The van der Waals surface area contributed by atoms with Crippen LogP contribution in [-0.2, 0) is 19.0 Å². The van der Waals surface area contributed by atoms with E-state index >= 15 is 0 Å². The Morgan fingerprint density at radius 2 is 2.08 bits per heavy atom. The van der Waals surface area contributed by atoms with Gasteiger partial charge in [0.15, 0.2) is 0 Å². The first-order chi connectivity index (χ1) is 12.4. The van der Waals surface area contributed by atoms with Crippen LogP contribution in [0.1, 0.15) is 48.9 Å². The van der Waals surface area contributed by atoms with Gasteiger partial charge in [-0.05, 0) is 49.7 Å². The van der Waals surface area contributed by atoms with Gasteiger partial charge >= 0.3 is 6.11 Å². The van der Waals surface area contributed by atoms with E-state index in [1.54, 1.807) is 12.2 Å². The van der Waals surface area contributed by atoms with E-state index in [4.69, 9.17) is 0 Å². The second-order valence-electron chi connectivity index (χ2n) is 7.06.